The van der Waals surface area contributed by atoms with E-state index in [1.165, 1.54) is 29.2 Å². The number of carbonyl (C=O) groups excluding carboxylic acids is 1. The van der Waals surface area contributed by atoms with Crippen LogP contribution in [-0.2, 0) is 0 Å². The molecule has 0 bridgehead atoms. The average molecular weight is 416 g/mol. The number of nitro groups is 1. The molecule has 1 aliphatic rings. The first kappa shape index (κ1) is 18.6. The minimum atomic E-state index is -0.498. The summed E-state index contributed by atoms with van der Waals surface area (Å²) in [5, 5.41) is 12.2. The van der Waals surface area contributed by atoms with Gasteiger partial charge in [-0.25, -0.2) is 9.97 Å². The minimum absolute atomic E-state index is 0.148. The number of pyridine rings is 1. The van der Waals surface area contributed by atoms with Crippen LogP contribution in [0.2, 0.25) is 0 Å². The molecule has 0 N–H and O–H groups in total. The van der Waals surface area contributed by atoms with Crippen molar-refractivity contribution in [2.75, 3.05) is 37.3 Å². The van der Waals surface area contributed by atoms with E-state index in [1.807, 2.05) is 18.4 Å². The van der Waals surface area contributed by atoms with Crippen LogP contribution in [0.4, 0.5) is 10.8 Å². The summed E-state index contributed by atoms with van der Waals surface area (Å²) in [5.41, 5.74) is 0.863. The zero-order valence-electron chi connectivity index (χ0n) is 15.1. The standard InChI is InChI=1S/C18H17N5O3S2/c1-27-12-4-5-15(23(25)26)13(11-12)17(24)21-7-9-22(10-8-21)18-20-14-3-2-6-19-16(14)28-18/h2-6,11H,7-10H2,1H3. The molecule has 0 aliphatic carbocycles. The second-order valence-electron chi connectivity index (χ2n) is 6.24. The normalized spacial score (nSPS) is 14.5. The van der Waals surface area contributed by atoms with Crippen molar-refractivity contribution in [3.63, 3.8) is 0 Å². The van der Waals surface area contributed by atoms with Gasteiger partial charge in [-0.2, -0.15) is 0 Å². The number of hydrogen-bond acceptors (Lipinski definition) is 8. The maximum absolute atomic E-state index is 12.9. The van der Waals surface area contributed by atoms with Crippen LogP contribution in [0.3, 0.4) is 0 Å². The Bertz CT molecular complexity index is 1010. The van der Waals surface area contributed by atoms with Crippen molar-refractivity contribution in [1.29, 1.82) is 0 Å². The highest BCUT2D eigenvalue weighted by molar-refractivity contribution is 7.98. The number of thiazole rings is 1. The third-order valence-corrected chi connectivity index (χ3v) is 6.39. The van der Waals surface area contributed by atoms with E-state index >= 15 is 0 Å². The monoisotopic (exact) mass is 415 g/mol. The summed E-state index contributed by atoms with van der Waals surface area (Å²) in [6, 6.07) is 8.47. The molecule has 144 valence electrons. The zero-order valence-corrected chi connectivity index (χ0v) is 16.7. The Kier molecular flexibility index (Phi) is 5.14. The van der Waals surface area contributed by atoms with Gasteiger partial charge >= 0.3 is 0 Å². The molecule has 2 aromatic heterocycles. The highest BCUT2D eigenvalue weighted by Gasteiger charge is 2.28. The van der Waals surface area contributed by atoms with Crippen LogP contribution in [0.25, 0.3) is 10.3 Å². The molecule has 0 unspecified atom stereocenters. The molecule has 10 heteroatoms. The lowest BCUT2D eigenvalue weighted by Gasteiger charge is -2.34. The first-order valence-corrected chi connectivity index (χ1v) is 10.7. The predicted octanol–water partition coefficient (Wildman–Crippen LogP) is 3.28. The molecular formula is C18H17N5O3S2. The van der Waals surface area contributed by atoms with Gasteiger partial charge in [0.15, 0.2) is 5.13 Å². The van der Waals surface area contributed by atoms with Crippen molar-refractivity contribution in [1.82, 2.24) is 14.9 Å². The Labute approximate surface area is 169 Å². The van der Waals surface area contributed by atoms with Crippen LogP contribution >= 0.6 is 23.1 Å². The second kappa shape index (κ2) is 7.72. The zero-order chi connectivity index (χ0) is 19.7. The highest BCUT2D eigenvalue weighted by Crippen LogP contribution is 2.29. The van der Waals surface area contributed by atoms with E-state index in [4.69, 9.17) is 0 Å². The summed E-state index contributed by atoms with van der Waals surface area (Å²) in [6.45, 7) is 2.23. The summed E-state index contributed by atoms with van der Waals surface area (Å²) in [7, 11) is 0. The molecule has 1 fully saturated rings. The van der Waals surface area contributed by atoms with Crippen molar-refractivity contribution in [2.45, 2.75) is 4.90 Å². The van der Waals surface area contributed by atoms with Gasteiger partial charge in [0, 0.05) is 43.3 Å². The third kappa shape index (κ3) is 3.52. The molecular weight excluding hydrogens is 398 g/mol. The molecule has 3 aromatic rings. The second-order valence-corrected chi connectivity index (χ2v) is 8.08. The summed E-state index contributed by atoms with van der Waals surface area (Å²) < 4.78 is 0. The van der Waals surface area contributed by atoms with Gasteiger partial charge in [-0.05, 0) is 30.5 Å². The Balaban J connectivity index is 1.50. The predicted molar refractivity (Wildman–Crippen MR) is 110 cm³/mol. The number of aromatic nitrogens is 2. The average Bonchev–Trinajstić information content (AvgIpc) is 3.17. The molecule has 1 amide bonds. The van der Waals surface area contributed by atoms with Gasteiger partial charge in [0.1, 0.15) is 15.9 Å². The molecule has 28 heavy (non-hydrogen) atoms. The van der Waals surface area contributed by atoms with Crippen molar-refractivity contribution < 1.29 is 9.72 Å². The van der Waals surface area contributed by atoms with Crippen LogP contribution in [0, 0.1) is 10.1 Å². The van der Waals surface area contributed by atoms with Crippen molar-refractivity contribution in [2.24, 2.45) is 0 Å². The van der Waals surface area contributed by atoms with Crippen LogP contribution in [0.15, 0.2) is 41.4 Å². The van der Waals surface area contributed by atoms with Crippen LogP contribution < -0.4 is 4.90 Å². The van der Waals surface area contributed by atoms with Gasteiger partial charge < -0.3 is 9.80 Å². The molecule has 1 saturated heterocycles. The molecule has 0 saturated carbocycles. The van der Waals surface area contributed by atoms with Crippen LogP contribution in [0.5, 0.6) is 0 Å². The fraction of sp³-hybridized carbons (Fsp3) is 0.278. The molecule has 4 rings (SSSR count). The Morgan fingerprint density at radius 2 is 2.04 bits per heavy atom. The van der Waals surface area contributed by atoms with E-state index < -0.39 is 4.92 Å². The van der Waals surface area contributed by atoms with E-state index in [0.717, 1.165) is 20.4 Å². The Morgan fingerprint density at radius 1 is 1.25 bits per heavy atom. The maximum atomic E-state index is 12.9. The largest absolute Gasteiger partial charge is 0.344 e. The van der Waals surface area contributed by atoms with Crippen LogP contribution in [-0.4, -0.2) is 58.1 Å². The lowest BCUT2D eigenvalue weighted by molar-refractivity contribution is -0.385. The number of nitrogens with zero attached hydrogens (tertiary/aromatic N) is 5. The van der Waals surface area contributed by atoms with E-state index in [9.17, 15) is 14.9 Å². The SMILES string of the molecule is CSc1ccc([N+](=O)[O-])c(C(=O)N2CCN(c3nc4cccnc4s3)CC2)c1. The molecule has 1 aromatic carbocycles. The number of fused-ring (bicyclic) bond motifs is 1. The number of hydrogen-bond donors (Lipinski definition) is 0. The lowest BCUT2D eigenvalue weighted by Crippen LogP contribution is -2.48. The summed E-state index contributed by atoms with van der Waals surface area (Å²) in [4.78, 5) is 38.2. The van der Waals surface area contributed by atoms with Crippen molar-refractivity contribution in [3.8, 4) is 0 Å². The topological polar surface area (TPSA) is 92.5 Å². The van der Waals surface area contributed by atoms with E-state index in [2.05, 4.69) is 14.9 Å². The molecule has 0 spiro atoms. The van der Waals surface area contributed by atoms with E-state index in [1.54, 1.807) is 23.2 Å². The summed E-state index contributed by atoms with van der Waals surface area (Å²) in [6.07, 6.45) is 3.62. The first-order chi connectivity index (χ1) is 13.6. The number of nitro benzene ring substituents is 1. The van der Waals surface area contributed by atoms with E-state index in [0.29, 0.717) is 26.2 Å². The lowest BCUT2D eigenvalue weighted by atomic mass is 10.1. The van der Waals surface area contributed by atoms with Gasteiger partial charge in [-0.3, -0.25) is 14.9 Å². The molecule has 0 radical (unpaired) electrons. The highest BCUT2D eigenvalue weighted by atomic mass is 32.2. The Hall–Kier alpha value is -2.72. The van der Waals surface area contributed by atoms with Crippen molar-refractivity contribution >= 4 is 50.2 Å². The maximum Gasteiger partial charge on any atom is 0.282 e. The molecule has 1 aliphatic heterocycles. The van der Waals surface area contributed by atoms with Gasteiger partial charge in [-0.1, -0.05) is 11.3 Å². The van der Waals surface area contributed by atoms with Gasteiger partial charge in [0.25, 0.3) is 11.6 Å². The smallest absolute Gasteiger partial charge is 0.282 e. The molecule has 3 heterocycles. The van der Waals surface area contributed by atoms with Gasteiger partial charge in [0.05, 0.1) is 4.92 Å². The Morgan fingerprint density at radius 3 is 2.71 bits per heavy atom. The number of rotatable bonds is 4. The number of piperazine rings is 1. The number of anilines is 1. The van der Waals surface area contributed by atoms with Gasteiger partial charge in [-0.15, -0.1) is 11.8 Å². The van der Waals surface area contributed by atoms with Crippen LogP contribution in [0.1, 0.15) is 10.4 Å². The number of thioether (sulfide) groups is 1. The number of benzene rings is 1. The quantitative estimate of drug-likeness (QED) is 0.367. The molecule has 0 atom stereocenters. The van der Waals surface area contributed by atoms with E-state index in [-0.39, 0.29) is 17.2 Å². The minimum Gasteiger partial charge on any atom is -0.344 e. The molecule has 8 nitrogen and oxygen atoms in total. The summed E-state index contributed by atoms with van der Waals surface area (Å²) in [5.74, 6) is -0.298. The fourth-order valence-corrected chi connectivity index (χ4v) is 4.54. The number of carbonyl (C=O) groups is 1. The first-order valence-electron chi connectivity index (χ1n) is 8.65. The third-order valence-electron chi connectivity index (χ3n) is 4.62. The summed E-state index contributed by atoms with van der Waals surface area (Å²) >= 11 is 2.98. The van der Waals surface area contributed by atoms with Gasteiger partial charge in [0.2, 0.25) is 0 Å². The van der Waals surface area contributed by atoms with Crippen molar-refractivity contribution in [3.05, 3.63) is 52.2 Å². The number of amides is 1. The fourth-order valence-electron chi connectivity index (χ4n) is 3.14.